The summed E-state index contributed by atoms with van der Waals surface area (Å²) in [5.41, 5.74) is 5.23. The zero-order valence-corrected chi connectivity index (χ0v) is 10.6. The molecular formula is C12H21N3O3. The first kappa shape index (κ1) is 14.6. The average Bonchev–Trinajstić information content (AvgIpc) is 2.88. The summed E-state index contributed by atoms with van der Waals surface area (Å²) in [7, 11) is 0. The fourth-order valence-corrected chi connectivity index (χ4v) is 1.90. The second-order valence-electron chi connectivity index (χ2n) is 4.52. The molecule has 102 valence electrons. The predicted octanol–water partition coefficient (Wildman–Crippen LogP) is 1.49. The topological polar surface area (TPSA) is 90.8 Å². The van der Waals surface area contributed by atoms with Gasteiger partial charge in [-0.2, -0.15) is 5.10 Å². The highest BCUT2D eigenvalue weighted by atomic mass is 16.5. The van der Waals surface area contributed by atoms with Gasteiger partial charge in [-0.3, -0.25) is 14.8 Å². The number of carbonyl (C=O) groups excluding carboxylic acids is 2. The summed E-state index contributed by atoms with van der Waals surface area (Å²) in [6.07, 6.45) is 7.25. The molecule has 18 heavy (non-hydrogen) atoms. The van der Waals surface area contributed by atoms with Crippen molar-refractivity contribution < 1.29 is 14.8 Å². The van der Waals surface area contributed by atoms with Gasteiger partial charge in [-0.1, -0.05) is 6.42 Å². The van der Waals surface area contributed by atoms with E-state index in [1.165, 1.54) is 12.8 Å². The average molecular weight is 255 g/mol. The van der Waals surface area contributed by atoms with Gasteiger partial charge in [-0.25, -0.2) is 10.9 Å². The standard InChI is InChI=1S/C12H21N3O3/c16-11(14-13-10-6-4-5-7-10)8-2-1-3-9-12(17)15-18/h18H,1-9H2,(H,14,16)(H,15,17). The van der Waals surface area contributed by atoms with Crippen molar-refractivity contribution in [1.29, 1.82) is 0 Å². The summed E-state index contributed by atoms with van der Waals surface area (Å²) in [5, 5.41) is 12.4. The number of rotatable bonds is 7. The number of nitrogens with one attached hydrogen (secondary N) is 2. The molecule has 1 aliphatic carbocycles. The van der Waals surface area contributed by atoms with E-state index in [1.54, 1.807) is 5.48 Å². The molecule has 0 bridgehead atoms. The van der Waals surface area contributed by atoms with Crippen molar-refractivity contribution in [1.82, 2.24) is 10.9 Å². The zero-order valence-electron chi connectivity index (χ0n) is 10.6. The van der Waals surface area contributed by atoms with E-state index in [-0.39, 0.29) is 11.8 Å². The molecule has 0 aromatic rings. The highest BCUT2D eigenvalue weighted by molar-refractivity contribution is 5.87. The van der Waals surface area contributed by atoms with Gasteiger partial charge in [0.1, 0.15) is 0 Å². The van der Waals surface area contributed by atoms with E-state index >= 15 is 0 Å². The van der Waals surface area contributed by atoms with E-state index in [0.29, 0.717) is 19.3 Å². The Labute approximate surface area is 107 Å². The number of hydrogen-bond acceptors (Lipinski definition) is 4. The molecule has 6 heteroatoms. The summed E-state index contributed by atoms with van der Waals surface area (Å²) >= 11 is 0. The normalized spacial score (nSPS) is 14.4. The molecular weight excluding hydrogens is 234 g/mol. The Morgan fingerprint density at radius 1 is 1.06 bits per heavy atom. The third-order valence-corrected chi connectivity index (χ3v) is 2.95. The summed E-state index contributed by atoms with van der Waals surface area (Å²) in [6.45, 7) is 0. The number of hydroxylamine groups is 1. The van der Waals surface area contributed by atoms with Gasteiger partial charge in [0.15, 0.2) is 0 Å². The lowest BCUT2D eigenvalue weighted by molar-refractivity contribution is -0.129. The van der Waals surface area contributed by atoms with Crippen LogP contribution in [0.5, 0.6) is 0 Å². The molecule has 1 rings (SSSR count). The maximum absolute atomic E-state index is 11.4. The maximum atomic E-state index is 11.4. The number of unbranched alkanes of at least 4 members (excludes halogenated alkanes) is 2. The van der Waals surface area contributed by atoms with E-state index in [1.807, 2.05) is 0 Å². The summed E-state index contributed by atoms with van der Waals surface area (Å²) in [4.78, 5) is 22.1. The molecule has 0 aromatic heterocycles. The fraction of sp³-hybridized carbons (Fsp3) is 0.750. The smallest absolute Gasteiger partial charge is 0.243 e. The van der Waals surface area contributed by atoms with Gasteiger partial charge >= 0.3 is 0 Å². The predicted molar refractivity (Wildman–Crippen MR) is 67.1 cm³/mol. The minimum absolute atomic E-state index is 0.0685. The van der Waals surface area contributed by atoms with Crippen LogP contribution in [0.2, 0.25) is 0 Å². The molecule has 2 amide bonds. The first-order valence-corrected chi connectivity index (χ1v) is 6.49. The van der Waals surface area contributed by atoms with Gasteiger partial charge in [0.25, 0.3) is 0 Å². The first-order valence-electron chi connectivity index (χ1n) is 6.49. The van der Waals surface area contributed by atoms with Crippen molar-refractivity contribution in [2.75, 3.05) is 0 Å². The molecule has 0 atom stereocenters. The van der Waals surface area contributed by atoms with Gasteiger partial charge in [0.05, 0.1) is 0 Å². The highest BCUT2D eigenvalue weighted by Crippen LogP contribution is 2.13. The fourth-order valence-electron chi connectivity index (χ4n) is 1.90. The van der Waals surface area contributed by atoms with Crippen molar-refractivity contribution in [3.8, 4) is 0 Å². The molecule has 0 radical (unpaired) electrons. The lowest BCUT2D eigenvalue weighted by Gasteiger charge is -2.01. The monoisotopic (exact) mass is 255 g/mol. The van der Waals surface area contributed by atoms with E-state index in [0.717, 1.165) is 31.4 Å². The number of hydrazone groups is 1. The molecule has 0 aromatic carbocycles. The van der Waals surface area contributed by atoms with Crippen LogP contribution in [0, 0.1) is 0 Å². The van der Waals surface area contributed by atoms with Crippen LogP contribution in [0.3, 0.4) is 0 Å². The van der Waals surface area contributed by atoms with Gasteiger partial charge in [0.2, 0.25) is 11.8 Å². The van der Waals surface area contributed by atoms with E-state index in [2.05, 4.69) is 10.5 Å². The number of hydrogen-bond donors (Lipinski definition) is 3. The Hall–Kier alpha value is -1.43. The molecule has 1 saturated carbocycles. The van der Waals surface area contributed by atoms with Crippen molar-refractivity contribution in [2.24, 2.45) is 5.10 Å². The van der Waals surface area contributed by atoms with Crippen molar-refractivity contribution in [2.45, 2.75) is 57.8 Å². The third-order valence-electron chi connectivity index (χ3n) is 2.95. The molecule has 0 unspecified atom stereocenters. The molecule has 1 fully saturated rings. The second-order valence-corrected chi connectivity index (χ2v) is 4.52. The van der Waals surface area contributed by atoms with Crippen LogP contribution >= 0.6 is 0 Å². The van der Waals surface area contributed by atoms with Crippen molar-refractivity contribution >= 4 is 17.5 Å². The summed E-state index contributed by atoms with van der Waals surface area (Å²) in [6, 6.07) is 0. The molecule has 3 N–H and O–H groups in total. The van der Waals surface area contributed by atoms with Crippen LogP contribution in [0.25, 0.3) is 0 Å². The Kier molecular flexibility index (Phi) is 7.01. The van der Waals surface area contributed by atoms with Gasteiger partial charge in [0, 0.05) is 18.6 Å². The quantitative estimate of drug-likeness (QED) is 0.365. The minimum atomic E-state index is -0.382. The largest absolute Gasteiger partial charge is 0.289 e. The van der Waals surface area contributed by atoms with Gasteiger partial charge in [-0.05, 0) is 38.5 Å². The number of nitrogens with zero attached hydrogens (tertiary/aromatic N) is 1. The first-order chi connectivity index (χ1) is 8.72. The van der Waals surface area contributed by atoms with Crippen LogP contribution in [0.1, 0.15) is 57.8 Å². The lowest BCUT2D eigenvalue weighted by Crippen LogP contribution is -2.19. The molecule has 1 aliphatic rings. The van der Waals surface area contributed by atoms with Crippen LogP contribution < -0.4 is 10.9 Å². The van der Waals surface area contributed by atoms with Crippen LogP contribution in [-0.4, -0.2) is 22.7 Å². The van der Waals surface area contributed by atoms with E-state index in [4.69, 9.17) is 5.21 Å². The summed E-state index contributed by atoms with van der Waals surface area (Å²) < 4.78 is 0. The molecule has 6 nitrogen and oxygen atoms in total. The second kappa shape index (κ2) is 8.63. The number of carbonyl (C=O) groups is 2. The van der Waals surface area contributed by atoms with Crippen molar-refractivity contribution in [3.63, 3.8) is 0 Å². The maximum Gasteiger partial charge on any atom is 0.243 e. The summed E-state index contributed by atoms with van der Waals surface area (Å²) in [5.74, 6) is -0.451. The van der Waals surface area contributed by atoms with Crippen LogP contribution in [0.4, 0.5) is 0 Å². The number of amides is 2. The van der Waals surface area contributed by atoms with Gasteiger partial charge in [-0.15, -0.1) is 0 Å². The highest BCUT2D eigenvalue weighted by Gasteiger charge is 2.08. The van der Waals surface area contributed by atoms with Crippen LogP contribution in [-0.2, 0) is 9.59 Å². The van der Waals surface area contributed by atoms with E-state index in [9.17, 15) is 9.59 Å². The Balaban J connectivity index is 1.99. The Bertz CT molecular complexity index is 308. The molecule has 0 aliphatic heterocycles. The molecule has 0 heterocycles. The Morgan fingerprint density at radius 2 is 1.67 bits per heavy atom. The molecule has 0 saturated heterocycles. The van der Waals surface area contributed by atoms with Crippen molar-refractivity contribution in [3.05, 3.63) is 0 Å². The zero-order chi connectivity index (χ0) is 13.2. The molecule has 0 spiro atoms. The Morgan fingerprint density at radius 3 is 2.28 bits per heavy atom. The lowest BCUT2D eigenvalue weighted by atomic mass is 10.1. The van der Waals surface area contributed by atoms with Gasteiger partial charge < -0.3 is 0 Å². The van der Waals surface area contributed by atoms with Crippen LogP contribution in [0.15, 0.2) is 5.10 Å². The van der Waals surface area contributed by atoms with E-state index < -0.39 is 0 Å². The third kappa shape index (κ3) is 6.34. The SMILES string of the molecule is O=C(CCCCCC(=O)NN=C1CCCC1)NO. The minimum Gasteiger partial charge on any atom is -0.289 e.